The summed E-state index contributed by atoms with van der Waals surface area (Å²) in [4.78, 5) is 58.7. The second-order valence-corrected chi connectivity index (χ2v) is 12.5. The molecule has 2 N–H and O–H groups in total. The summed E-state index contributed by atoms with van der Waals surface area (Å²) in [5.41, 5.74) is 0.370. The monoisotopic (exact) mass is 643 g/mol. The average molecular weight is 644 g/mol. The third kappa shape index (κ3) is 6.75. The Hall–Kier alpha value is -4.28. The van der Waals surface area contributed by atoms with Crippen molar-refractivity contribution >= 4 is 23.7 Å². The molecule has 10 heteroatoms. The van der Waals surface area contributed by atoms with E-state index in [0.29, 0.717) is 37.8 Å². The Labute approximate surface area is 276 Å². The molecule has 0 unspecified atom stereocenters. The van der Waals surface area contributed by atoms with Crippen molar-refractivity contribution in [1.82, 2.24) is 15.1 Å². The molecule has 250 valence electrons. The first-order valence-corrected chi connectivity index (χ1v) is 16.5. The van der Waals surface area contributed by atoms with Crippen molar-refractivity contribution < 1.29 is 33.8 Å². The van der Waals surface area contributed by atoms with Gasteiger partial charge in [-0.25, -0.2) is 0 Å². The highest BCUT2D eigenvalue weighted by molar-refractivity contribution is 5.98. The predicted octanol–water partition coefficient (Wildman–Crippen LogP) is 3.71. The lowest BCUT2D eigenvalue weighted by Crippen LogP contribution is -2.58. The average Bonchev–Trinajstić information content (AvgIpc) is 3.74. The summed E-state index contributed by atoms with van der Waals surface area (Å²) >= 11 is 0. The van der Waals surface area contributed by atoms with Gasteiger partial charge in [0.25, 0.3) is 0 Å². The van der Waals surface area contributed by atoms with Crippen LogP contribution in [-0.4, -0.2) is 82.1 Å². The highest BCUT2D eigenvalue weighted by atomic mass is 16.6. The number of aliphatic hydroxyl groups excluding tert-OH is 1. The van der Waals surface area contributed by atoms with Gasteiger partial charge in [-0.15, -0.1) is 13.2 Å². The predicted molar refractivity (Wildman–Crippen MR) is 175 cm³/mol. The Kier molecular flexibility index (Phi) is 10.9. The highest BCUT2D eigenvalue weighted by Crippen LogP contribution is 2.59. The van der Waals surface area contributed by atoms with E-state index in [1.165, 1.54) is 4.90 Å². The molecule has 2 bridgehead atoms. The first-order valence-electron chi connectivity index (χ1n) is 16.5. The minimum absolute atomic E-state index is 0.0549. The molecule has 0 aromatic heterocycles. The number of aliphatic hydroxyl groups is 1. The van der Waals surface area contributed by atoms with Gasteiger partial charge in [0.15, 0.2) is 0 Å². The molecule has 0 saturated carbocycles. The number of esters is 1. The molecule has 10 nitrogen and oxygen atoms in total. The van der Waals surface area contributed by atoms with Gasteiger partial charge in [-0.1, -0.05) is 79.7 Å². The van der Waals surface area contributed by atoms with Gasteiger partial charge in [-0.05, 0) is 36.8 Å². The molecule has 3 amide bonds. The number of allylic oxidation sites excluding steroid dienone is 1. The molecule has 3 heterocycles. The summed E-state index contributed by atoms with van der Waals surface area (Å²) in [6.45, 7) is 9.62. The third-order valence-electron chi connectivity index (χ3n) is 9.69. The van der Waals surface area contributed by atoms with Crippen LogP contribution in [-0.2, 0) is 35.2 Å². The van der Waals surface area contributed by atoms with Crippen LogP contribution < -0.4 is 5.32 Å². The van der Waals surface area contributed by atoms with Crippen molar-refractivity contribution in [3.8, 4) is 0 Å². The molecule has 1 spiro atoms. The maximum Gasteiger partial charge on any atom is 0.313 e. The summed E-state index contributed by atoms with van der Waals surface area (Å²) < 4.78 is 12.7. The van der Waals surface area contributed by atoms with E-state index in [0.717, 1.165) is 5.56 Å². The SMILES string of the molecule is C=CCCC(=O)NC[C@H](OC(=O)[C@@H]1[C@H]2C(=O)N([C@@H](CC)CO)[C@H](C(=O)N(CC=C)Cc3ccccc3)[C@]23CC[C@H]1O3)c1ccccc1. The fourth-order valence-corrected chi connectivity index (χ4v) is 7.45. The van der Waals surface area contributed by atoms with E-state index < -0.39 is 47.7 Å². The first-order chi connectivity index (χ1) is 22.8. The van der Waals surface area contributed by atoms with Crippen molar-refractivity contribution in [2.75, 3.05) is 19.7 Å². The molecule has 3 aliphatic rings. The Bertz CT molecular complexity index is 1450. The van der Waals surface area contributed by atoms with Gasteiger partial charge < -0.3 is 29.7 Å². The molecule has 0 radical (unpaired) electrons. The van der Waals surface area contributed by atoms with Crippen molar-refractivity contribution in [1.29, 1.82) is 0 Å². The van der Waals surface area contributed by atoms with E-state index in [2.05, 4.69) is 18.5 Å². The van der Waals surface area contributed by atoms with Crippen molar-refractivity contribution in [3.63, 3.8) is 0 Å². The second-order valence-electron chi connectivity index (χ2n) is 12.5. The zero-order chi connectivity index (χ0) is 33.6. The fourth-order valence-electron chi connectivity index (χ4n) is 7.45. The number of nitrogens with zero attached hydrogens (tertiary/aromatic N) is 2. The number of ether oxygens (including phenoxy) is 2. The van der Waals surface area contributed by atoms with Crippen molar-refractivity contribution in [3.05, 3.63) is 97.1 Å². The minimum atomic E-state index is -1.25. The van der Waals surface area contributed by atoms with Gasteiger partial charge in [-0.2, -0.15) is 0 Å². The number of carbonyl (C=O) groups excluding carboxylic acids is 4. The number of likely N-dealkylation sites (tertiary alicyclic amines) is 1. The molecule has 0 aliphatic carbocycles. The maximum absolute atomic E-state index is 14.6. The Morgan fingerprint density at radius 1 is 1.13 bits per heavy atom. The molecular formula is C37H45N3O7. The van der Waals surface area contributed by atoms with E-state index in [4.69, 9.17) is 9.47 Å². The summed E-state index contributed by atoms with van der Waals surface area (Å²) in [6.07, 6.45) is 3.99. The molecule has 2 aromatic carbocycles. The largest absolute Gasteiger partial charge is 0.455 e. The van der Waals surface area contributed by atoms with E-state index in [-0.39, 0.29) is 43.8 Å². The molecule has 47 heavy (non-hydrogen) atoms. The van der Waals surface area contributed by atoms with Gasteiger partial charge in [0.1, 0.15) is 17.7 Å². The first kappa shape index (κ1) is 34.1. The lowest BCUT2D eigenvalue weighted by Gasteiger charge is -2.39. The zero-order valence-electron chi connectivity index (χ0n) is 27.0. The Morgan fingerprint density at radius 3 is 2.47 bits per heavy atom. The number of fused-ring (bicyclic) bond motifs is 1. The van der Waals surface area contributed by atoms with E-state index in [1.54, 1.807) is 17.1 Å². The molecular weight excluding hydrogens is 598 g/mol. The Balaban J connectivity index is 1.45. The maximum atomic E-state index is 14.6. The normalized spacial score (nSPS) is 25.5. The third-order valence-corrected chi connectivity index (χ3v) is 9.69. The number of nitrogens with one attached hydrogen (secondary N) is 1. The summed E-state index contributed by atoms with van der Waals surface area (Å²) in [5, 5.41) is 13.2. The van der Waals surface area contributed by atoms with E-state index in [9.17, 15) is 24.3 Å². The van der Waals surface area contributed by atoms with Gasteiger partial charge in [0, 0.05) is 19.5 Å². The summed E-state index contributed by atoms with van der Waals surface area (Å²) in [7, 11) is 0. The van der Waals surface area contributed by atoms with Crippen molar-refractivity contribution in [2.45, 2.75) is 75.5 Å². The van der Waals surface area contributed by atoms with Crippen LogP contribution in [0.3, 0.4) is 0 Å². The Morgan fingerprint density at radius 2 is 1.83 bits per heavy atom. The van der Waals surface area contributed by atoms with Gasteiger partial charge >= 0.3 is 5.97 Å². The van der Waals surface area contributed by atoms with E-state index >= 15 is 0 Å². The number of hydrogen-bond donors (Lipinski definition) is 2. The van der Waals surface area contributed by atoms with Gasteiger partial charge in [0.05, 0.1) is 37.1 Å². The standard InChI is InChI=1S/C37H45N3O7/c1-4-7-18-30(42)38-22-29(26-16-12-9-13-17-26)46-36(45)31-28-19-20-37(47-28)32(31)34(43)40(27(6-3)24-41)33(37)35(44)39(21-5-2)23-25-14-10-8-11-15-25/h4-5,8-17,27-29,31-33,41H,1-2,6-7,18-24H2,3H3,(H,38,42)/t27-,28+,29-,31-,32-,33+,37-/m0/s1. The van der Waals surface area contributed by atoms with Crippen LogP contribution >= 0.6 is 0 Å². The van der Waals surface area contributed by atoms with Crippen LogP contribution in [0.2, 0.25) is 0 Å². The number of hydrogen-bond acceptors (Lipinski definition) is 7. The summed E-state index contributed by atoms with van der Waals surface area (Å²) in [6, 6.07) is 17.0. The lowest BCUT2D eigenvalue weighted by atomic mass is 9.70. The number of amides is 3. The lowest BCUT2D eigenvalue weighted by molar-refractivity contribution is -0.161. The molecule has 2 aromatic rings. The molecule has 7 atom stereocenters. The van der Waals surface area contributed by atoms with Crippen LogP contribution in [0.15, 0.2) is 86.0 Å². The minimum Gasteiger partial charge on any atom is -0.455 e. The van der Waals surface area contributed by atoms with Gasteiger partial charge in [0.2, 0.25) is 17.7 Å². The molecule has 3 aliphatic heterocycles. The van der Waals surface area contributed by atoms with Crippen LogP contribution in [0.5, 0.6) is 0 Å². The fraction of sp³-hybridized carbons (Fsp3) is 0.459. The number of carbonyl (C=O) groups is 4. The topological polar surface area (TPSA) is 125 Å². The smallest absolute Gasteiger partial charge is 0.313 e. The highest BCUT2D eigenvalue weighted by Gasteiger charge is 2.75. The van der Waals surface area contributed by atoms with Gasteiger partial charge in [-0.3, -0.25) is 19.2 Å². The van der Waals surface area contributed by atoms with E-state index in [1.807, 2.05) is 67.6 Å². The number of rotatable bonds is 16. The molecule has 3 fully saturated rings. The van der Waals surface area contributed by atoms with Crippen LogP contribution in [0.25, 0.3) is 0 Å². The molecule has 3 saturated heterocycles. The zero-order valence-corrected chi connectivity index (χ0v) is 27.0. The van der Waals surface area contributed by atoms with Crippen LogP contribution in [0.1, 0.15) is 56.3 Å². The van der Waals surface area contributed by atoms with Crippen LogP contribution in [0.4, 0.5) is 0 Å². The summed E-state index contributed by atoms with van der Waals surface area (Å²) in [5.74, 6) is -3.40. The quantitative estimate of drug-likeness (QED) is 0.211. The second kappa shape index (κ2) is 15.1. The van der Waals surface area contributed by atoms with Crippen LogP contribution in [0, 0.1) is 11.8 Å². The molecule has 5 rings (SSSR count). The van der Waals surface area contributed by atoms with Crippen molar-refractivity contribution in [2.24, 2.45) is 11.8 Å². The number of benzene rings is 2.